The highest BCUT2D eigenvalue weighted by atomic mass is 16.2. The van der Waals surface area contributed by atoms with E-state index < -0.39 is 0 Å². The number of benzene rings is 1. The number of nitrogens with one attached hydrogen (secondary N) is 2. The van der Waals surface area contributed by atoms with E-state index in [9.17, 15) is 9.59 Å². The number of likely N-dealkylation sites (N-methyl/N-ethyl adjacent to an activating group) is 1. The first-order chi connectivity index (χ1) is 10.1. The molecule has 0 saturated heterocycles. The van der Waals surface area contributed by atoms with Crippen LogP contribution in [-0.2, 0) is 17.9 Å². The molecule has 1 aromatic carbocycles. The summed E-state index contributed by atoms with van der Waals surface area (Å²) in [5.74, 6) is -0.154. The predicted octanol–water partition coefficient (Wildman–Crippen LogP) is 0.547. The largest absolute Gasteiger partial charge is 0.353 e. The molecule has 114 valence electrons. The molecule has 0 bridgehead atoms. The average Bonchev–Trinajstić information content (AvgIpc) is 2.77. The van der Waals surface area contributed by atoms with Gasteiger partial charge in [-0.3, -0.25) is 13.9 Å². The number of nitrogens with zero attached hydrogens (tertiary/aromatic N) is 2. The highest BCUT2D eigenvalue weighted by Crippen LogP contribution is 2.12. The van der Waals surface area contributed by atoms with Gasteiger partial charge in [0, 0.05) is 19.1 Å². The van der Waals surface area contributed by atoms with Gasteiger partial charge < -0.3 is 10.6 Å². The third-order valence-corrected chi connectivity index (χ3v) is 3.64. The molecule has 6 heteroatoms. The number of carbonyl (C=O) groups is 1. The Kier molecular flexibility index (Phi) is 4.80. The standard InChI is InChI=1S/C15H22N4O2/c1-4-18-12-7-5-6-8-13(12)19(15(18)21)10-14(20)17-9-11(2)16-3/h5-8,11,16H,4,9-10H2,1-3H3,(H,17,20). The van der Waals surface area contributed by atoms with Gasteiger partial charge in [-0.25, -0.2) is 4.79 Å². The van der Waals surface area contributed by atoms with Crippen LogP contribution in [0.1, 0.15) is 13.8 Å². The first-order valence-corrected chi connectivity index (χ1v) is 7.20. The lowest BCUT2D eigenvalue weighted by Gasteiger charge is -2.11. The molecule has 21 heavy (non-hydrogen) atoms. The van der Waals surface area contributed by atoms with Crippen LogP contribution >= 0.6 is 0 Å². The van der Waals surface area contributed by atoms with E-state index in [2.05, 4.69) is 10.6 Å². The molecule has 1 atom stereocenters. The van der Waals surface area contributed by atoms with E-state index in [1.54, 1.807) is 4.57 Å². The summed E-state index contributed by atoms with van der Waals surface area (Å²) >= 11 is 0. The monoisotopic (exact) mass is 290 g/mol. The summed E-state index contributed by atoms with van der Waals surface area (Å²) in [4.78, 5) is 24.4. The van der Waals surface area contributed by atoms with Gasteiger partial charge in [0.05, 0.1) is 11.0 Å². The Morgan fingerprint density at radius 2 is 1.86 bits per heavy atom. The lowest BCUT2D eigenvalue weighted by molar-refractivity contribution is -0.121. The summed E-state index contributed by atoms with van der Waals surface area (Å²) in [6.45, 7) is 5.08. The minimum absolute atomic E-state index is 0.0444. The molecule has 0 radical (unpaired) electrons. The van der Waals surface area contributed by atoms with Crippen LogP contribution in [0.2, 0.25) is 0 Å². The Morgan fingerprint density at radius 3 is 2.43 bits per heavy atom. The first kappa shape index (κ1) is 15.3. The Bertz CT molecular complexity index is 687. The Labute approximate surface area is 123 Å². The molecular formula is C15H22N4O2. The maximum atomic E-state index is 12.4. The van der Waals surface area contributed by atoms with Crippen LogP contribution in [0.3, 0.4) is 0 Å². The number of amides is 1. The average molecular weight is 290 g/mol. The number of carbonyl (C=O) groups excluding carboxylic acids is 1. The molecule has 0 aliphatic carbocycles. The topological polar surface area (TPSA) is 68.1 Å². The van der Waals surface area contributed by atoms with E-state index in [1.807, 2.05) is 45.2 Å². The molecule has 0 fully saturated rings. The molecule has 0 aliphatic rings. The molecule has 6 nitrogen and oxygen atoms in total. The van der Waals surface area contributed by atoms with Crippen molar-refractivity contribution in [2.45, 2.75) is 33.0 Å². The second-order valence-electron chi connectivity index (χ2n) is 5.10. The molecular weight excluding hydrogens is 268 g/mol. The van der Waals surface area contributed by atoms with E-state index in [0.717, 1.165) is 11.0 Å². The number of fused-ring (bicyclic) bond motifs is 1. The second-order valence-corrected chi connectivity index (χ2v) is 5.10. The van der Waals surface area contributed by atoms with Gasteiger partial charge in [0.25, 0.3) is 0 Å². The number of imidazole rings is 1. The SMILES string of the molecule is CCn1c(=O)n(CC(=O)NCC(C)NC)c2ccccc21. The van der Waals surface area contributed by atoms with Crippen molar-refractivity contribution in [3.8, 4) is 0 Å². The number of rotatable bonds is 6. The summed E-state index contributed by atoms with van der Waals surface area (Å²) in [6.07, 6.45) is 0. The van der Waals surface area contributed by atoms with Gasteiger partial charge in [-0.2, -0.15) is 0 Å². The van der Waals surface area contributed by atoms with Gasteiger partial charge in [-0.1, -0.05) is 12.1 Å². The first-order valence-electron chi connectivity index (χ1n) is 7.20. The van der Waals surface area contributed by atoms with Crippen molar-refractivity contribution in [1.29, 1.82) is 0 Å². The minimum atomic E-state index is -0.154. The van der Waals surface area contributed by atoms with Gasteiger partial charge in [0.1, 0.15) is 6.54 Å². The van der Waals surface area contributed by atoms with E-state index in [4.69, 9.17) is 0 Å². The van der Waals surface area contributed by atoms with Crippen LogP contribution in [0.25, 0.3) is 11.0 Å². The minimum Gasteiger partial charge on any atom is -0.353 e. The zero-order valence-electron chi connectivity index (χ0n) is 12.7. The van der Waals surface area contributed by atoms with Crippen molar-refractivity contribution in [3.63, 3.8) is 0 Å². The number of aryl methyl sites for hydroxylation is 1. The van der Waals surface area contributed by atoms with Crippen LogP contribution < -0.4 is 16.3 Å². The molecule has 2 aromatic rings. The highest BCUT2D eigenvalue weighted by molar-refractivity contribution is 5.80. The second kappa shape index (κ2) is 6.58. The Balaban J connectivity index is 2.24. The van der Waals surface area contributed by atoms with Gasteiger partial charge in [-0.15, -0.1) is 0 Å². The fourth-order valence-corrected chi connectivity index (χ4v) is 2.30. The van der Waals surface area contributed by atoms with Crippen molar-refractivity contribution in [3.05, 3.63) is 34.7 Å². The summed E-state index contributed by atoms with van der Waals surface area (Å²) < 4.78 is 3.21. The van der Waals surface area contributed by atoms with Crippen LogP contribution in [0, 0.1) is 0 Å². The number of hydrogen-bond acceptors (Lipinski definition) is 3. The lowest BCUT2D eigenvalue weighted by atomic mass is 10.3. The van der Waals surface area contributed by atoms with Crippen LogP contribution in [0.5, 0.6) is 0 Å². The normalized spacial score (nSPS) is 12.5. The maximum absolute atomic E-state index is 12.4. The molecule has 1 aromatic heterocycles. The van der Waals surface area contributed by atoms with Crippen LogP contribution in [-0.4, -0.2) is 34.7 Å². The smallest absolute Gasteiger partial charge is 0.329 e. The molecule has 1 unspecified atom stereocenters. The van der Waals surface area contributed by atoms with E-state index in [1.165, 1.54) is 4.57 Å². The zero-order chi connectivity index (χ0) is 15.4. The highest BCUT2D eigenvalue weighted by Gasteiger charge is 2.14. The lowest BCUT2D eigenvalue weighted by Crippen LogP contribution is -2.40. The van der Waals surface area contributed by atoms with E-state index in [-0.39, 0.29) is 24.2 Å². The molecule has 1 heterocycles. The van der Waals surface area contributed by atoms with Gasteiger partial charge in [-0.05, 0) is 33.0 Å². The van der Waals surface area contributed by atoms with Crippen molar-refractivity contribution < 1.29 is 4.79 Å². The third kappa shape index (κ3) is 3.16. The fourth-order valence-electron chi connectivity index (χ4n) is 2.30. The number of aromatic nitrogens is 2. The molecule has 0 saturated carbocycles. The maximum Gasteiger partial charge on any atom is 0.329 e. The van der Waals surface area contributed by atoms with Crippen molar-refractivity contribution in [2.75, 3.05) is 13.6 Å². The summed E-state index contributed by atoms with van der Waals surface area (Å²) in [6, 6.07) is 7.73. The zero-order valence-corrected chi connectivity index (χ0v) is 12.7. The molecule has 0 spiro atoms. The molecule has 0 aliphatic heterocycles. The molecule has 2 N–H and O–H groups in total. The van der Waals surface area contributed by atoms with Crippen LogP contribution in [0.15, 0.2) is 29.1 Å². The van der Waals surface area contributed by atoms with Gasteiger partial charge >= 0.3 is 5.69 Å². The van der Waals surface area contributed by atoms with E-state index in [0.29, 0.717) is 13.1 Å². The summed E-state index contributed by atoms with van der Waals surface area (Å²) in [5.41, 5.74) is 1.51. The predicted molar refractivity (Wildman–Crippen MR) is 83.4 cm³/mol. The third-order valence-electron chi connectivity index (χ3n) is 3.64. The summed E-state index contributed by atoms with van der Waals surface area (Å²) in [5, 5.41) is 5.88. The quantitative estimate of drug-likeness (QED) is 0.816. The fraction of sp³-hybridized carbons (Fsp3) is 0.467. The van der Waals surface area contributed by atoms with Gasteiger partial charge in [0.2, 0.25) is 5.91 Å². The van der Waals surface area contributed by atoms with E-state index >= 15 is 0 Å². The van der Waals surface area contributed by atoms with Crippen LogP contribution in [0.4, 0.5) is 0 Å². The molecule has 2 rings (SSSR count). The Morgan fingerprint density at radius 1 is 1.24 bits per heavy atom. The van der Waals surface area contributed by atoms with Crippen molar-refractivity contribution in [1.82, 2.24) is 19.8 Å². The van der Waals surface area contributed by atoms with Crippen molar-refractivity contribution in [2.24, 2.45) is 0 Å². The number of para-hydroxylation sites is 2. The summed E-state index contributed by atoms with van der Waals surface area (Å²) in [7, 11) is 1.84. The number of hydrogen-bond donors (Lipinski definition) is 2. The van der Waals surface area contributed by atoms with Crippen molar-refractivity contribution >= 4 is 16.9 Å². The Hall–Kier alpha value is -2.08. The molecule has 1 amide bonds. The van der Waals surface area contributed by atoms with Gasteiger partial charge in [0.15, 0.2) is 0 Å².